The molecule has 13 nitrogen and oxygen atoms in total. The minimum atomic E-state index is -4.11. The first kappa shape index (κ1) is 33.2. The number of carbonyl (C=O) groups is 3. The highest BCUT2D eigenvalue weighted by molar-refractivity contribution is 7.87. The fraction of sp³-hybridized carbons (Fsp3) is 0.600. The Morgan fingerprint density at radius 1 is 1.24 bits per heavy atom. The fourth-order valence-electron chi connectivity index (χ4n) is 6.15. The highest BCUT2D eigenvalue weighted by atomic mass is 35.5. The van der Waals surface area contributed by atoms with Gasteiger partial charge in [-0.1, -0.05) is 42.7 Å². The highest BCUT2D eigenvalue weighted by Gasteiger charge is 2.61. The molecule has 4 N–H and O–H groups in total. The Labute approximate surface area is 268 Å². The summed E-state index contributed by atoms with van der Waals surface area (Å²) in [5.41, 5.74) is 6.26. The summed E-state index contributed by atoms with van der Waals surface area (Å²) in [6, 6.07) is 3.96. The van der Waals surface area contributed by atoms with Gasteiger partial charge in [0.05, 0.1) is 23.1 Å². The zero-order chi connectivity index (χ0) is 32.7. The Morgan fingerprint density at radius 3 is 2.71 bits per heavy atom. The quantitative estimate of drug-likeness (QED) is 0.396. The summed E-state index contributed by atoms with van der Waals surface area (Å²) in [6.07, 6.45) is 7.25. The van der Waals surface area contributed by atoms with Crippen molar-refractivity contribution in [1.82, 2.24) is 28.8 Å². The van der Waals surface area contributed by atoms with Crippen molar-refractivity contribution in [2.75, 3.05) is 20.6 Å². The number of benzene rings is 1. The molecule has 1 aromatic heterocycles. The van der Waals surface area contributed by atoms with E-state index in [4.69, 9.17) is 22.1 Å². The maximum Gasteiger partial charge on any atom is 0.303 e. The molecule has 3 amide bonds. The average Bonchev–Trinajstić information content (AvgIpc) is 3.30. The van der Waals surface area contributed by atoms with Gasteiger partial charge >= 0.3 is 10.2 Å². The Morgan fingerprint density at radius 2 is 2.00 bits per heavy atom. The zero-order valence-corrected chi connectivity index (χ0v) is 27.6. The lowest BCUT2D eigenvalue weighted by Gasteiger charge is -2.28. The Balaban J connectivity index is 1.45. The van der Waals surface area contributed by atoms with E-state index in [0.29, 0.717) is 23.0 Å². The number of nitrogens with two attached hydrogens (primary N) is 1. The number of aromatic nitrogens is 2. The second-order valence-corrected chi connectivity index (χ2v) is 14.9. The molecule has 5 atom stereocenters. The summed E-state index contributed by atoms with van der Waals surface area (Å²) in [7, 11) is -1.50. The average molecular weight is 664 g/mol. The van der Waals surface area contributed by atoms with Crippen LogP contribution in [0.5, 0.6) is 6.01 Å². The van der Waals surface area contributed by atoms with Gasteiger partial charge in [0.25, 0.3) is 11.9 Å². The second-order valence-electron chi connectivity index (χ2n) is 12.6. The zero-order valence-electron chi connectivity index (χ0n) is 26.0. The maximum atomic E-state index is 14.0. The normalized spacial score (nSPS) is 28.7. The van der Waals surface area contributed by atoms with E-state index in [1.807, 2.05) is 42.7 Å². The molecule has 1 aliphatic carbocycles. The van der Waals surface area contributed by atoms with Crippen LogP contribution in [0.4, 0.5) is 0 Å². The summed E-state index contributed by atoms with van der Waals surface area (Å²) in [6.45, 7) is 4.06. The smallest absolute Gasteiger partial charge is 0.303 e. The van der Waals surface area contributed by atoms with Crippen LogP contribution in [-0.4, -0.2) is 89.3 Å². The van der Waals surface area contributed by atoms with Gasteiger partial charge in [0.15, 0.2) is 0 Å². The summed E-state index contributed by atoms with van der Waals surface area (Å²) in [5, 5.41) is 3.31. The molecule has 15 heteroatoms. The van der Waals surface area contributed by atoms with Gasteiger partial charge < -0.3 is 20.7 Å². The minimum absolute atomic E-state index is 0.0228. The molecule has 3 heterocycles. The van der Waals surface area contributed by atoms with Crippen molar-refractivity contribution < 1.29 is 27.5 Å². The van der Waals surface area contributed by atoms with E-state index in [2.05, 4.69) is 15.0 Å². The Kier molecular flexibility index (Phi) is 9.50. The number of nitrogens with zero attached hydrogens (tertiary/aromatic N) is 4. The molecule has 3 aliphatic rings. The van der Waals surface area contributed by atoms with E-state index in [-0.39, 0.29) is 31.3 Å². The first-order valence-corrected chi connectivity index (χ1v) is 17.2. The number of para-hydroxylation sites is 1. The van der Waals surface area contributed by atoms with E-state index in [1.165, 1.54) is 19.0 Å². The van der Waals surface area contributed by atoms with Crippen LogP contribution in [-0.2, 0) is 24.6 Å². The van der Waals surface area contributed by atoms with Gasteiger partial charge in [-0.15, -0.1) is 0 Å². The van der Waals surface area contributed by atoms with E-state index in [0.717, 1.165) is 35.5 Å². The summed E-state index contributed by atoms with van der Waals surface area (Å²) < 4.78 is 36.3. The van der Waals surface area contributed by atoms with E-state index < -0.39 is 51.7 Å². The van der Waals surface area contributed by atoms with Crippen LogP contribution in [0.15, 0.2) is 30.4 Å². The van der Waals surface area contributed by atoms with Gasteiger partial charge in [0.1, 0.15) is 23.2 Å². The van der Waals surface area contributed by atoms with Crippen LogP contribution >= 0.6 is 11.6 Å². The summed E-state index contributed by atoms with van der Waals surface area (Å²) >= 11 is 6.43. The van der Waals surface area contributed by atoms with Crippen molar-refractivity contribution in [3.63, 3.8) is 0 Å². The highest BCUT2D eigenvalue weighted by Crippen LogP contribution is 2.46. The van der Waals surface area contributed by atoms with Gasteiger partial charge in [-0.3, -0.25) is 19.0 Å². The third-order valence-corrected chi connectivity index (χ3v) is 10.5. The van der Waals surface area contributed by atoms with Crippen LogP contribution in [0.3, 0.4) is 0 Å². The van der Waals surface area contributed by atoms with Gasteiger partial charge in [-0.2, -0.15) is 17.7 Å². The first-order valence-electron chi connectivity index (χ1n) is 15.4. The van der Waals surface area contributed by atoms with Crippen molar-refractivity contribution in [3.8, 4) is 6.01 Å². The molecule has 0 unspecified atom stereocenters. The molecule has 0 radical (unpaired) electrons. The van der Waals surface area contributed by atoms with E-state index in [9.17, 15) is 22.8 Å². The largest absolute Gasteiger partial charge is 0.459 e. The van der Waals surface area contributed by atoms with E-state index >= 15 is 0 Å². The van der Waals surface area contributed by atoms with Crippen molar-refractivity contribution in [2.45, 2.75) is 88.6 Å². The van der Waals surface area contributed by atoms with Crippen LogP contribution in [0.2, 0.25) is 5.02 Å². The topological polar surface area (TPSA) is 169 Å². The van der Waals surface area contributed by atoms with Crippen LogP contribution < -0.4 is 20.5 Å². The van der Waals surface area contributed by atoms with Crippen LogP contribution in [0.1, 0.15) is 64.8 Å². The molecule has 1 saturated carbocycles. The van der Waals surface area contributed by atoms with Gasteiger partial charge in [-0.05, 0) is 51.7 Å². The number of halogens is 1. The van der Waals surface area contributed by atoms with Crippen molar-refractivity contribution in [1.29, 1.82) is 0 Å². The first-order chi connectivity index (χ1) is 21.2. The number of carbonyl (C=O) groups excluding carboxylic acids is 3. The lowest BCUT2D eigenvalue weighted by Crippen LogP contribution is -2.58. The van der Waals surface area contributed by atoms with E-state index in [1.54, 1.807) is 6.07 Å². The molecular weight excluding hydrogens is 622 g/mol. The predicted molar refractivity (Wildman–Crippen MR) is 170 cm³/mol. The molecule has 0 spiro atoms. The third kappa shape index (κ3) is 6.69. The molecule has 2 fully saturated rings. The number of fused-ring (bicyclic) bond motifs is 3. The standard InChI is InChI=1S/C30H42ClN7O6S/c1-18(2)38-23-14-10-12-21(31)25(23)33-29(38)44-20-15-24-26(39)34-30(28(41)35-45(42,43)36(3)4)16-19(30)11-8-6-5-7-9-13-22(32)27(40)37(24)17-20/h8,10-12,14,18-20,22,24H,5-7,9,13,15-17,32H2,1-4H3,(H,34,39)(H,35,41)/b11-8-/t19-,20+,22-,24-,30+/m0/s1. The fourth-order valence-corrected chi connectivity index (χ4v) is 6.96. The third-order valence-electron chi connectivity index (χ3n) is 8.82. The number of ether oxygens (including phenoxy) is 1. The number of allylic oxidation sites excluding steroid dienone is 1. The molecule has 1 aromatic carbocycles. The molecule has 0 bridgehead atoms. The number of rotatable bonds is 6. The molecular formula is C30H42ClN7O6S. The van der Waals surface area contributed by atoms with Gasteiger partial charge in [0.2, 0.25) is 11.8 Å². The molecule has 1 saturated heterocycles. The van der Waals surface area contributed by atoms with Gasteiger partial charge in [-0.25, -0.2) is 4.72 Å². The maximum absolute atomic E-state index is 14.0. The van der Waals surface area contributed by atoms with Crippen molar-refractivity contribution in [2.24, 2.45) is 11.7 Å². The Hall–Kier alpha value is -3.20. The van der Waals surface area contributed by atoms with Crippen LogP contribution in [0.25, 0.3) is 11.0 Å². The lowest BCUT2D eigenvalue weighted by atomic mass is 10.1. The number of hydrogen-bond donors (Lipinski definition) is 3. The number of nitrogens with one attached hydrogen (secondary N) is 2. The number of imidazole rings is 1. The monoisotopic (exact) mass is 663 g/mol. The van der Waals surface area contributed by atoms with Crippen molar-refractivity contribution >= 4 is 50.6 Å². The number of amides is 3. The number of hydrogen-bond acceptors (Lipinski definition) is 8. The SMILES string of the molecule is CC(C)n1c(O[C@@H]2C[C@H]3C(=O)N[C@]4(C(=O)NS(=O)(=O)N(C)C)C[C@@H]4/C=C\CCCCC[C@H](N)C(=O)N3C2)nc2c(Cl)cccc21. The predicted octanol–water partition coefficient (Wildman–Crippen LogP) is 2.26. The van der Waals surface area contributed by atoms with Crippen LogP contribution in [0, 0.1) is 5.92 Å². The van der Waals surface area contributed by atoms with Crippen molar-refractivity contribution in [3.05, 3.63) is 35.4 Å². The molecule has 2 aliphatic heterocycles. The lowest BCUT2D eigenvalue weighted by molar-refractivity contribution is -0.140. The summed E-state index contributed by atoms with van der Waals surface area (Å²) in [5.74, 6) is -2.19. The summed E-state index contributed by atoms with van der Waals surface area (Å²) in [4.78, 5) is 47.2. The Bertz CT molecular complexity index is 1610. The molecule has 246 valence electrons. The van der Waals surface area contributed by atoms with Gasteiger partial charge in [0, 0.05) is 32.5 Å². The molecule has 45 heavy (non-hydrogen) atoms. The molecule has 5 rings (SSSR count). The minimum Gasteiger partial charge on any atom is -0.459 e. The molecule has 2 aromatic rings. The second kappa shape index (κ2) is 12.9.